The number of aromatic nitrogens is 1. The molecule has 2 rings (SSSR count). The second kappa shape index (κ2) is 8.49. The number of carbonyl (C=O) groups is 1. The molecule has 2 heterocycles. The van der Waals surface area contributed by atoms with Crippen LogP contribution in [0.15, 0.2) is 18.3 Å². The van der Waals surface area contributed by atoms with E-state index in [1.807, 2.05) is 6.07 Å². The van der Waals surface area contributed by atoms with E-state index < -0.39 is 0 Å². The van der Waals surface area contributed by atoms with Crippen molar-refractivity contribution in [3.8, 4) is 0 Å². The van der Waals surface area contributed by atoms with Crippen LogP contribution < -0.4 is 10.6 Å². The van der Waals surface area contributed by atoms with E-state index >= 15 is 0 Å². The van der Waals surface area contributed by atoms with Crippen molar-refractivity contribution in [3.63, 3.8) is 0 Å². The van der Waals surface area contributed by atoms with Crippen LogP contribution in [-0.4, -0.2) is 23.5 Å². The highest BCUT2D eigenvalue weighted by Crippen LogP contribution is 2.24. The summed E-state index contributed by atoms with van der Waals surface area (Å²) in [5.41, 5.74) is 2.12. The van der Waals surface area contributed by atoms with E-state index in [1.54, 1.807) is 6.20 Å². The lowest BCUT2D eigenvalue weighted by Crippen LogP contribution is -2.44. The Morgan fingerprint density at radius 3 is 2.77 bits per heavy atom. The van der Waals surface area contributed by atoms with E-state index in [4.69, 9.17) is 0 Å². The van der Waals surface area contributed by atoms with Crippen molar-refractivity contribution in [2.24, 2.45) is 11.8 Å². The van der Waals surface area contributed by atoms with Crippen molar-refractivity contribution < 1.29 is 4.79 Å². The molecule has 0 bridgehead atoms. The molecule has 4 nitrogen and oxygen atoms in total. The van der Waals surface area contributed by atoms with Crippen LogP contribution in [0.3, 0.4) is 0 Å². The van der Waals surface area contributed by atoms with Gasteiger partial charge in [0.15, 0.2) is 0 Å². The summed E-state index contributed by atoms with van der Waals surface area (Å²) in [6.07, 6.45) is 3.64. The number of nitrogens with zero attached hydrogens (tertiary/aromatic N) is 1. The number of nitrogens with one attached hydrogen (secondary N) is 2. The monoisotopic (exact) mass is 325 g/mol. The molecule has 1 amide bonds. The van der Waals surface area contributed by atoms with Crippen LogP contribution in [0.4, 0.5) is 0 Å². The molecule has 0 aromatic carbocycles. The molecule has 124 valence electrons. The molecule has 22 heavy (non-hydrogen) atoms. The molecule has 0 saturated carbocycles. The molecule has 5 heteroatoms. The second-order valence-electron chi connectivity index (χ2n) is 6.51. The number of halogens is 1. The summed E-state index contributed by atoms with van der Waals surface area (Å²) in [4.78, 5) is 17.1. The SMILES string of the molecule is Cc1cccnc1C(NC(=O)[C@H]1CCN[C@@H](C)C1)C(C)C.Cl. The first-order valence-corrected chi connectivity index (χ1v) is 7.94. The van der Waals surface area contributed by atoms with Gasteiger partial charge in [-0.3, -0.25) is 9.78 Å². The minimum atomic E-state index is -0.0103. The first-order chi connectivity index (χ1) is 9.99. The number of carbonyl (C=O) groups excluding carboxylic acids is 1. The molecule has 1 fully saturated rings. The molecule has 1 unspecified atom stereocenters. The van der Waals surface area contributed by atoms with Crippen LogP contribution in [0.25, 0.3) is 0 Å². The third kappa shape index (κ3) is 4.68. The summed E-state index contributed by atoms with van der Waals surface area (Å²) in [6.45, 7) is 9.38. The molecule has 0 radical (unpaired) electrons. The van der Waals surface area contributed by atoms with Gasteiger partial charge in [0, 0.05) is 18.2 Å². The fourth-order valence-corrected chi connectivity index (χ4v) is 3.02. The maximum absolute atomic E-state index is 12.6. The van der Waals surface area contributed by atoms with Gasteiger partial charge < -0.3 is 10.6 Å². The van der Waals surface area contributed by atoms with Gasteiger partial charge in [-0.25, -0.2) is 0 Å². The molecule has 1 aliphatic heterocycles. The minimum absolute atomic E-state index is 0. The van der Waals surface area contributed by atoms with Gasteiger partial charge in [0.1, 0.15) is 0 Å². The lowest BCUT2D eigenvalue weighted by molar-refractivity contribution is -0.127. The Balaban J connectivity index is 0.00000242. The Bertz CT molecular complexity index is 493. The minimum Gasteiger partial charge on any atom is -0.347 e. The third-order valence-corrected chi connectivity index (χ3v) is 4.30. The molecular formula is C17H28ClN3O. The topological polar surface area (TPSA) is 54.0 Å². The molecule has 3 atom stereocenters. The summed E-state index contributed by atoms with van der Waals surface area (Å²) in [5.74, 6) is 0.611. The summed E-state index contributed by atoms with van der Waals surface area (Å²) in [5, 5.41) is 6.63. The lowest BCUT2D eigenvalue weighted by atomic mass is 9.90. The molecule has 0 spiro atoms. The predicted octanol–water partition coefficient (Wildman–Crippen LogP) is 3.01. The number of pyridine rings is 1. The van der Waals surface area contributed by atoms with Gasteiger partial charge in [0.05, 0.1) is 11.7 Å². The second-order valence-corrected chi connectivity index (χ2v) is 6.51. The van der Waals surface area contributed by atoms with Crippen LogP contribution >= 0.6 is 12.4 Å². The number of hydrogen-bond acceptors (Lipinski definition) is 3. The van der Waals surface area contributed by atoms with E-state index in [9.17, 15) is 4.79 Å². The van der Waals surface area contributed by atoms with E-state index in [2.05, 4.69) is 49.4 Å². The number of rotatable bonds is 4. The highest BCUT2D eigenvalue weighted by Gasteiger charge is 2.28. The van der Waals surface area contributed by atoms with E-state index in [0.29, 0.717) is 12.0 Å². The summed E-state index contributed by atoms with van der Waals surface area (Å²) in [6, 6.07) is 4.40. The number of hydrogen-bond donors (Lipinski definition) is 2. The number of aryl methyl sites for hydroxylation is 1. The van der Waals surface area contributed by atoms with Gasteiger partial charge in [-0.05, 0) is 50.8 Å². The Labute approximate surface area is 139 Å². The largest absolute Gasteiger partial charge is 0.347 e. The van der Waals surface area contributed by atoms with E-state index in [0.717, 1.165) is 30.6 Å². The van der Waals surface area contributed by atoms with Crippen molar-refractivity contribution in [2.45, 2.75) is 52.6 Å². The molecule has 1 saturated heterocycles. The van der Waals surface area contributed by atoms with Crippen LogP contribution in [0.1, 0.15) is 50.9 Å². The highest BCUT2D eigenvalue weighted by molar-refractivity contribution is 5.85. The van der Waals surface area contributed by atoms with Gasteiger partial charge in [-0.2, -0.15) is 0 Å². The Hall–Kier alpha value is -1.13. The Kier molecular flexibility index (Phi) is 7.30. The molecule has 1 aromatic heterocycles. The quantitative estimate of drug-likeness (QED) is 0.894. The first kappa shape index (κ1) is 18.9. The molecule has 0 aliphatic carbocycles. The van der Waals surface area contributed by atoms with Crippen LogP contribution in [0, 0.1) is 18.8 Å². The van der Waals surface area contributed by atoms with Gasteiger partial charge in [0.25, 0.3) is 0 Å². The van der Waals surface area contributed by atoms with Crippen LogP contribution in [-0.2, 0) is 4.79 Å². The van der Waals surface area contributed by atoms with Crippen molar-refractivity contribution in [2.75, 3.05) is 6.54 Å². The third-order valence-electron chi connectivity index (χ3n) is 4.30. The van der Waals surface area contributed by atoms with Gasteiger partial charge >= 0.3 is 0 Å². The molecule has 1 aromatic rings. The number of amides is 1. The van der Waals surface area contributed by atoms with Gasteiger partial charge in [0.2, 0.25) is 5.91 Å². The first-order valence-electron chi connectivity index (χ1n) is 7.94. The molecule has 1 aliphatic rings. The zero-order valence-corrected chi connectivity index (χ0v) is 14.7. The van der Waals surface area contributed by atoms with Gasteiger partial charge in [-0.1, -0.05) is 19.9 Å². The maximum Gasteiger partial charge on any atom is 0.223 e. The average Bonchev–Trinajstić information content (AvgIpc) is 2.45. The van der Waals surface area contributed by atoms with E-state index in [-0.39, 0.29) is 30.3 Å². The smallest absolute Gasteiger partial charge is 0.223 e. The summed E-state index contributed by atoms with van der Waals surface area (Å²) >= 11 is 0. The fraction of sp³-hybridized carbons (Fsp3) is 0.647. The molecular weight excluding hydrogens is 298 g/mol. The zero-order valence-electron chi connectivity index (χ0n) is 13.9. The maximum atomic E-state index is 12.6. The van der Waals surface area contributed by atoms with Gasteiger partial charge in [-0.15, -0.1) is 12.4 Å². The fourth-order valence-electron chi connectivity index (χ4n) is 3.02. The predicted molar refractivity (Wildman–Crippen MR) is 92.1 cm³/mol. The average molecular weight is 326 g/mol. The normalized spacial score (nSPS) is 22.8. The van der Waals surface area contributed by atoms with Crippen molar-refractivity contribution >= 4 is 18.3 Å². The van der Waals surface area contributed by atoms with Crippen LogP contribution in [0.2, 0.25) is 0 Å². The van der Waals surface area contributed by atoms with Crippen molar-refractivity contribution in [1.82, 2.24) is 15.6 Å². The molecule has 2 N–H and O–H groups in total. The van der Waals surface area contributed by atoms with E-state index in [1.165, 1.54) is 0 Å². The van der Waals surface area contributed by atoms with Crippen molar-refractivity contribution in [1.29, 1.82) is 0 Å². The Morgan fingerprint density at radius 1 is 1.45 bits per heavy atom. The lowest BCUT2D eigenvalue weighted by Gasteiger charge is -2.30. The zero-order chi connectivity index (χ0) is 15.4. The highest BCUT2D eigenvalue weighted by atomic mass is 35.5. The summed E-state index contributed by atoms with van der Waals surface area (Å²) in [7, 11) is 0. The summed E-state index contributed by atoms with van der Waals surface area (Å²) < 4.78 is 0. The number of piperidine rings is 1. The van der Waals surface area contributed by atoms with Crippen LogP contribution in [0.5, 0.6) is 0 Å². The Morgan fingerprint density at radius 2 is 2.18 bits per heavy atom. The standard InChI is InChI=1S/C17H27N3O.ClH/c1-11(2)15(16-12(3)6-5-8-19-16)20-17(21)14-7-9-18-13(4)10-14;/h5-6,8,11,13-15,18H,7,9-10H2,1-4H3,(H,20,21);1H/t13-,14-,15?;/m0./s1. The van der Waals surface area contributed by atoms with Crippen molar-refractivity contribution in [3.05, 3.63) is 29.6 Å².